The van der Waals surface area contributed by atoms with E-state index in [1.165, 1.54) is 5.56 Å². The van der Waals surface area contributed by atoms with Gasteiger partial charge in [0.25, 0.3) is 0 Å². The van der Waals surface area contributed by atoms with Gasteiger partial charge in [-0.15, -0.1) is 11.3 Å². The van der Waals surface area contributed by atoms with E-state index in [-0.39, 0.29) is 6.03 Å². The molecule has 0 spiro atoms. The molecule has 4 rings (SSSR count). The summed E-state index contributed by atoms with van der Waals surface area (Å²) in [7, 11) is 3.08. The summed E-state index contributed by atoms with van der Waals surface area (Å²) in [6.45, 7) is 2.07. The SMILES string of the molecule is COc1cccc(OC)c1NC(=O)Nc1ccc(-c2nc3ccc(C)cc3s2)cc1. The molecular weight excluding hydrogens is 398 g/mol. The number of benzene rings is 3. The molecule has 0 bridgehead atoms. The predicted octanol–water partition coefficient (Wildman–Crippen LogP) is 5.93. The monoisotopic (exact) mass is 419 g/mol. The second kappa shape index (κ2) is 8.42. The van der Waals surface area contributed by atoms with Crippen molar-refractivity contribution in [2.24, 2.45) is 0 Å². The van der Waals surface area contributed by atoms with Crippen molar-refractivity contribution in [1.29, 1.82) is 0 Å². The minimum atomic E-state index is -0.388. The van der Waals surface area contributed by atoms with Crippen LogP contribution in [0, 0.1) is 6.92 Å². The number of amides is 2. The van der Waals surface area contributed by atoms with Crippen LogP contribution in [0.4, 0.5) is 16.2 Å². The summed E-state index contributed by atoms with van der Waals surface area (Å²) >= 11 is 1.66. The van der Waals surface area contributed by atoms with E-state index >= 15 is 0 Å². The summed E-state index contributed by atoms with van der Waals surface area (Å²) in [6, 6.07) is 18.8. The molecule has 0 aliphatic carbocycles. The highest BCUT2D eigenvalue weighted by Crippen LogP contribution is 2.34. The van der Waals surface area contributed by atoms with E-state index in [1.54, 1.807) is 43.8 Å². The maximum Gasteiger partial charge on any atom is 0.323 e. The van der Waals surface area contributed by atoms with Crippen molar-refractivity contribution in [1.82, 2.24) is 4.98 Å². The zero-order chi connectivity index (χ0) is 21.1. The molecule has 1 heterocycles. The number of aromatic nitrogens is 1. The molecule has 1 aromatic heterocycles. The Morgan fingerprint density at radius 1 is 0.933 bits per heavy atom. The molecule has 4 aromatic rings. The van der Waals surface area contributed by atoms with Gasteiger partial charge >= 0.3 is 6.03 Å². The third kappa shape index (κ3) is 4.06. The van der Waals surface area contributed by atoms with E-state index in [9.17, 15) is 4.79 Å². The number of nitrogens with one attached hydrogen (secondary N) is 2. The Morgan fingerprint density at radius 2 is 1.63 bits per heavy atom. The molecule has 152 valence electrons. The van der Waals surface area contributed by atoms with Gasteiger partial charge in [-0.2, -0.15) is 0 Å². The number of para-hydroxylation sites is 1. The maximum absolute atomic E-state index is 12.5. The summed E-state index contributed by atoms with van der Waals surface area (Å²) < 4.78 is 11.8. The quantitative estimate of drug-likeness (QED) is 0.420. The van der Waals surface area contributed by atoms with Gasteiger partial charge in [0.05, 0.1) is 24.4 Å². The fraction of sp³-hybridized carbons (Fsp3) is 0.130. The molecule has 0 unspecified atom stereocenters. The van der Waals surface area contributed by atoms with Crippen molar-refractivity contribution in [3.05, 3.63) is 66.2 Å². The van der Waals surface area contributed by atoms with Crippen molar-refractivity contribution in [2.45, 2.75) is 6.92 Å². The first kappa shape index (κ1) is 19.7. The zero-order valence-corrected chi connectivity index (χ0v) is 17.7. The van der Waals surface area contributed by atoms with Crippen LogP contribution in [-0.2, 0) is 0 Å². The van der Waals surface area contributed by atoms with Crippen LogP contribution in [0.25, 0.3) is 20.8 Å². The van der Waals surface area contributed by atoms with Crippen LogP contribution in [0.2, 0.25) is 0 Å². The van der Waals surface area contributed by atoms with Crippen LogP contribution in [-0.4, -0.2) is 25.2 Å². The first-order chi connectivity index (χ1) is 14.6. The van der Waals surface area contributed by atoms with E-state index in [4.69, 9.17) is 14.5 Å². The first-order valence-corrected chi connectivity index (χ1v) is 10.2. The average molecular weight is 420 g/mol. The summed E-state index contributed by atoms with van der Waals surface area (Å²) in [5, 5.41) is 6.57. The lowest BCUT2D eigenvalue weighted by molar-refractivity contribution is 0.262. The molecule has 0 aliphatic heterocycles. The minimum Gasteiger partial charge on any atom is -0.494 e. The van der Waals surface area contributed by atoms with Crippen molar-refractivity contribution >= 4 is 39.0 Å². The standard InChI is InChI=1S/C23H21N3O3S/c1-14-7-12-17-20(13-14)30-22(25-17)15-8-10-16(11-9-15)24-23(27)26-21-18(28-2)5-4-6-19(21)29-3/h4-13H,1-3H3,(H2,24,26,27). The number of aryl methyl sites for hydroxylation is 1. The molecule has 0 saturated carbocycles. The molecular formula is C23H21N3O3S. The summed E-state index contributed by atoms with van der Waals surface area (Å²) in [4.78, 5) is 17.2. The van der Waals surface area contributed by atoms with Crippen LogP contribution in [0.3, 0.4) is 0 Å². The molecule has 2 N–H and O–H groups in total. The van der Waals surface area contributed by atoms with E-state index in [0.29, 0.717) is 22.9 Å². The van der Waals surface area contributed by atoms with Crippen molar-refractivity contribution in [3.8, 4) is 22.1 Å². The second-order valence-electron chi connectivity index (χ2n) is 6.68. The number of hydrogen-bond acceptors (Lipinski definition) is 5. The van der Waals surface area contributed by atoms with Crippen molar-refractivity contribution in [2.75, 3.05) is 24.9 Å². The van der Waals surface area contributed by atoms with Gasteiger partial charge in [0.2, 0.25) is 0 Å². The number of anilines is 2. The number of thiazole rings is 1. The van der Waals surface area contributed by atoms with E-state index in [1.807, 2.05) is 30.3 Å². The largest absolute Gasteiger partial charge is 0.494 e. The van der Waals surface area contributed by atoms with Crippen molar-refractivity contribution < 1.29 is 14.3 Å². The molecule has 0 radical (unpaired) electrons. The number of methoxy groups -OCH3 is 2. The number of carbonyl (C=O) groups is 1. The van der Waals surface area contributed by atoms with Crippen LogP contribution in [0.5, 0.6) is 11.5 Å². The molecule has 0 fully saturated rings. The maximum atomic E-state index is 12.5. The number of hydrogen-bond donors (Lipinski definition) is 2. The first-order valence-electron chi connectivity index (χ1n) is 9.34. The number of rotatable bonds is 5. The van der Waals surface area contributed by atoms with Gasteiger partial charge in [-0.25, -0.2) is 9.78 Å². The van der Waals surface area contributed by atoms with Gasteiger partial charge in [-0.3, -0.25) is 0 Å². The zero-order valence-electron chi connectivity index (χ0n) is 16.9. The Morgan fingerprint density at radius 3 is 2.30 bits per heavy atom. The van der Waals surface area contributed by atoms with Gasteiger partial charge in [0, 0.05) is 11.3 Å². The molecule has 2 amide bonds. The Kier molecular flexibility index (Phi) is 5.54. The Bertz CT molecular complexity index is 1180. The van der Waals surface area contributed by atoms with Crippen molar-refractivity contribution in [3.63, 3.8) is 0 Å². The molecule has 7 heteroatoms. The number of fused-ring (bicyclic) bond motifs is 1. The minimum absolute atomic E-state index is 0.388. The molecule has 0 aliphatic rings. The highest BCUT2D eigenvalue weighted by molar-refractivity contribution is 7.21. The lowest BCUT2D eigenvalue weighted by atomic mass is 10.2. The molecule has 30 heavy (non-hydrogen) atoms. The lowest BCUT2D eigenvalue weighted by Gasteiger charge is -2.14. The van der Waals surface area contributed by atoms with Crippen LogP contribution in [0.1, 0.15) is 5.56 Å². The highest BCUT2D eigenvalue weighted by atomic mass is 32.1. The fourth-order valence-corrected chi connectivity index (χ4v) is 4.17. The van der Waals surface area contributed by atoms with Gasteiger partial charge in [-0.05, 0) is 61.0 Å². The third-order valence-corrected chi connectivity index (χ3v) is 5.67. The molecule has 0 atom stereocenters. The Balaban J connectivity index is 1.49. The fourth-order valence-electron chi connectivity index (χ4n) is 3.10. The molecule has 0 saturated heterocycles. The summed E-state index contributed by atoms with van der Waals surface area (Å²) in [5.41, 5.74) is 4.36. The van der Waals surface area contributed by atoms with Gasteiger partial charge in [0.15, 0.2) is 0 Å². The van der Waals surface area contributed by atoms with Crippen LogP contribution >= 0.6 is 11.3 Å². The number of urea groups is 1. The van der Waals surface area contributed by atoms with Crippen LogP contribution < -0.4 is 20.1 Å². The summed E-state index contributed by atoms with van der Waals surface area (Å²) in [6.07, 6.45) is 0. The van der Waals surface area contributed by atoms with E-state index in [2.05, 4.69) is 29.7 Å². The number of carbonyl (C=O) groups excluding carboxylic acids is 1. The highest BCUT2D eigenvalue weighted by Gasteiger charge is 2.13. The van der Waals surface area contributed by atoms with Gasteiger partial charge in [-0.1, -0.05) is 12.1 Å². The van der Waals surface area contributed by atoms with Gasteiger partial charge in [0.1, 0.15) is 22.2 Å². The Labute approximate surface area is 178 Å². The lowest BCUT2D eigenvalue weighted by Crippen LogP contribution is -2.20. The molecule has 6 nitrogen and oxygen atoms in total. The number of ether oxygens (including phenoxy) is 2. The smallest absolute Gasteiger partial charge is 0.323 e. The normalized spacial score (nSPS) is 10.6. The van der Waals surface area contributed by atoms with Gasteiger partial charge < -0.3 is 20.1 Å². The second-order valence-corrected chi connectivity index (χ2v) is 7.71. The topological polar surface area (TPSA) is 72.5 Å². The van der Waals surface area contributed by atoms with Crippen LogP contribution in [0.15, 0.2) is 60.7 Å². The summed E-state index contributed by atoms with van der Waals surface area (Å²) in [5.74, 6) is 1.04. The Hall–Kier alpha value is -3.58. The van der Waals surface area contributed by atoms with E-state index < -0.39 is 0 Å². The van der Waals surface area contributed by atoms with E-state index in [0.717, 1.165) is 20.8 Å². The number of nitrogens with zero attached hydrogens (tertiary/aromatic N) is 1. The third-order valence-electron chi connectivity index (χ3n) is 4.60. The predicted molar refractivity (Wildman–Crippen MR) is 122 cm³/mol. The average Bonchev–Trinajstić information content (AvgIpc) is 3.17. The molecule has 3 aromatic carbocycles.